The molecule has 0 radical (unpaired) electrons. The van der Waals surface area contributed by atoms with E-state index in [2.05, 4.69) is 29.6 Å². The highest BCUT2D eigenvalue weighted by molar-refractivity contribution is 5.81. The van der Waals surface area contributed by atoms with Crippen LogP contribution in [0.1, 0.15) is 49.1 Å². The predicted molar refractivity (Wildman–Crippen MR) is 131 cm³/mol. The number of benzene rings is 2. The van der Waals surface area contributed by atoms with Gasteiger partial charge < -0.3 is 20.1 Å². The lowest BCUT2D eigenvalue weighted by molar-refractivity contribution is -0.146. The van der Waals surface area contributed by atoms with Crippen molar-refractivity contribution >= 4 is 18.0 Å². The quantitative estimate of drug-likeness (QED) is 0.593. The number of alkyl carbamates (subject to hydrolysis) is 1. The van der Waals surface area contributed by atoms with Crippen LogP contribution in [0.2, 0.25) is 0 Å². The molecule has 2 fully saturated rings. The Bertz CT molecular complexity index is 1070. The van der Waals surface area contributed by atoms with Gasteiger partial charge in [0.2, 0.25) is 5.91 Å². The van der Waals surface area contributed by atoms with Crippen molar-refractivity contribution in [2.24, 2.45) is 17.8 Å². The Hall–Kier alpha value is -3.35. The Morgan fingerprint density at radius 3 is 2.29 bits per heavy atom. The smallest absolute Gasteiger partial charge is 0.407 e. The third-order valence-corrected chi connectivity index (χ3v) is 7.58. The first kappa shape index (κ1) is 23.4. The zero-order valence-corrected chi connectivity index (χ0v) is 19.8. The number of aliphatic carboxylic acids is 1. The average molecular weight is 477 g/mol. The van der Waals surface area contributed by atoms with Gasteiger partial charge in [-0.2, -0.15) is 0 Å². The van der Waals surface area contributed by atoms with Gasteiger partial charge in [-0.3, -0.25) is 9.59 Å². The Morgan fingerprint density at radius 2 is 1.66 bits per heavy atom. The number of hydrogen-bond donors (Lipinski definition) is 2. The lowest BCUT2D eigenvalue weighted by Crippen LogP contribution is -2.47. The minimum Gasteiger partial charge on any atom is -0.481 e. The number of ether oxygens (including phenoxy) is 1. The SMILES string of the molecule is O=C(NCC(CC1CC1)C(=O)N1CCCC(C(=O)O)C1)OCC1c2ccccc2-c2ccccc21. The van der Waals surface area contributed by atoms with Crippen LogP contribution in [0.15, 0.2) is 48.5 Å². The first-order valence-corrected chi connectivity index (χ1v) is 12.6. The number of carbonyl (C=O) groups is 3. The third kappa shape index (κ3) is 5.19. The number of carbonyl (C=O) groups excluding carboxylic acids is 2. The van der Waals surface area contributed by atoms with E-state index in [0.717, 1.165) is 30.4 Å². The fourth-order valence-electron chi connectivity index (χ4n) is 5.52. The second-order valence-electron chi connectivity index (χ2n) is 10.0. The van der Waals surface area contributed by atoms with Gasteiger partial charge in [0.1, 0.15) is 6.61 Å². The molecule has 2 amide bonds. The van der Waals surface area contributed by atoms with Gasteiger partial charge >= 0.3 is 12.1 Å². The zero-order chi connectivity index (χ0) is 24.4. The first-order chi connectivity index (χ1) is 17.0. The van der Waals surface area contributed by atoms with Crippen molar-refractivity contribution in [1.82, 2.24) is 10.2 Å². The number of carboxylic acids is 1. The molecule has 1 heterocycles. The fourth-order valence-corrected chi connectivity index (χ4v) is 5.52. The van der Waals surface area contributed by atoms with E-state index in [1.54, 1.807) is 4.90 Å². The lowest BCUT2D eigenvalue weighted by Gasteiger charge is -2.33. The minimum absolute atomic E-state index is 0.0154. The van der Waals surface area contributed by atoms with E-state index in [-0.39, 0.29) is 37.4 Å². The number of carboxylic acid groups (broad SMARTS) is 1. The summed E-state index contributed by atoms with van der Waals surface area (Å²) in [6.07, 6.45) is 3.70. The van der Waals surface area contributed by atoms with Crippen molar-refractivity contribution in [3.05, 3.63) is 59.7 Å². The van der Waals surface area contributed by atoms with Gasteiger partial charge in [0.05, 0.1) is 11.8 Å². The molecule has 7 nitrogen and oxygen atoms in total. The molecule has 2 unspecified atom stereocenters. The van der Waals surface area contributed by atoms with E-state index in [0.29, 0.717) is 25.3 Å². The second kappa shape index (κ2) is 10.1. The van der Waals surface area contributed by atoms with Gasteiger partial charge in [-0.15, -0.1) is 0 Å². The highest BCUT2D eigenvalue weighted by Gasteiger charge is 2.35. The molecule has 1 saturated heterocycles. The maximum atomic E-state index is 13.2. The predicted octanol–water partition coefficient (Wildman–Crippen LogP) is 4.26. The molecule has 2 N–H and O–H groups in total. The fraction of sp³-hybridized carbons (Fsp3) is 0.464. The van der Waals surface area contributed by atoms with Crippen molar-refractivity contribution in [2.75, 3.05) is 26.2 Å². The van der Waals surface area contributed by atoms with Crippen LogP contribution >= 0.6 is 0 Å². The summed E-state index contributed by atoms with van der Waals surface area (Å²) in [5.41, 5.74) is 4.66. The van der Waals surface area contributed by atoms with Gasteiger partial charge in [0.15, 0.2) is 0 Å². The van der Waals surface area contributed by atoms with Gasteiger partial charge in [0, 0.05) is 25.6 Å². The Balaban J connectivity index is 1.18. The summed E-state index contributed by atoms with van der Waals surface area (Å²) in [6, 6.07) is 16.4. The van der Waals surface area contributed by atoms with Crippen LogP contribution in [0.3, 0.4) is 0 Å². The normalized spacial score (nSPS) is 20.0. The summed E-state index contributed by atoms with van der Waals surface area (Å²) < 4.78 is 5.63. The molecular weight excluding hydrogens is 444 g/mol. The molecule has 35 heavy (non-hydrogen) atoms. The first-order valence-electron chi connectivity index (χ1n) is 12.6. The van der Waals surface area contributed by atoms with Gasteiger partial charge in [-0.25, -0.2) is 4.79 Å². The van der Waals surface area contributed by atoms with Crippen LogP contribution in [0, 0.1) is 17.8 Å². The molecule has 7 heteroatoms. The topological polar surface area (TPSA) is 95.9 Å². The summed E-state index contributed by atoms with van der Waals surface area (Å²) in [7, 11) is 0. The molecule has 2 aliphatic carbocycles. The summed E-state index contributed by atoms with van der Waals surface area (Å²) in [6.45, 7) is 1.27. The summed E-state index contributed by atoms with van der Waals surface area (Å²) >= 11 is 0. The number of nitrogens with zero attached hydrogens (tertiary/aromatic N) is 1. The maximum Gasteiger partial charge on any atom is 0.407 e. The molecule has 5 rings (SSSR count). The number of fused-ring (bicyclic) bond motifs is 3. The molecular formula is C28H32N2O5. The van der Waals surface area contributed by atoms with Crippen LogP contribution in [0.25, 0.3) is 11.1 Å². The molecule has 1 aliphatic heterocycles. The molecule has 1 saturated carbocycles. The van der Waals surface area contributed by atoms with E-state index in [4.69, 9.17) is 4.74 Å². The van der Waals surface area contributed by atoms with Crippen molar-refractivity contribution in [3.63, 3.8) is 0 Å². The van der Waals surface area contributed by atoms with Crippen molar-refractivity contribution in [3.8, 4) is 11.1 Å². The van der Waals surface area contributed by atoms with Crippen LogP contribution in [0.5, 0.6) is 0 Å². The minimum atomic E-state index is -0.849. The highest BCUT2D eigenvalue weighted by Crippen LogP contribution is 2.44. The summed E-state index contributed by atoms with van der Waals surface area (Å²) in [4.78, 5) is 39.0. The van der Waals surface area contributed by atoms with E-state index in [1.165, 1.54) is 11.1 Å². The lowest BCUT2D eigenvalue weighted by atomic mass is 9.94. The van der Waals surface area contributed by atoms with Crippen molar-refractivity contribution in [1.29, 1.82) is 0 Å². The highest BCUT2D eigenvalue weighted by atomic mass is 16.5. The number of likely N-dealkylation sites (tertiary alicyclic amines) is 1. The summed E-state index contributed by atoms with van der Waals surface area (Å²) in [5, 5.41) is 12.2. The molecule has 0 bridgehead atoms. The van der Waals surface area contributed by atoms with Crippen LogP contribution in [-0.2, 0) is 14.3 Å². The molecule has 184 valence electrons. The number of hydrogen-bond acceptors (Lipinski definition) is 4. The standard InChI is InChI=1S/C28H32N2O5/c31-26(30-13-5-6-19(16-30)27(32)33)20(14-18-11-12-18)15-29-28(34)35-17-25-23-9-3-1-7-21(23)22-8-2-4-10-24(22)25/h1-4,7-10,18-20,25H,5-6,11-17H2,(H,29,34)(H,32,33). The number of rotatable bonds is 8. The van der Waals surface area contributed by atoms with E-state index < -0.39 is 18.0 Å². The number of nitrogens with one attached hydrogen (secondary N) is 1. The summed E-state index contributed by atoms with van der Waals surface area (Å²) in [5.74, 6) is -1.27. The Morgan fingerprint density at radius 1 is 1.00 bits per heavy atom. The largest absolute Gasteiger partial charge is 0.481 e. The maximum absolute atomic E-state index is 13.2. The van der Waals surface area contributed by atoms with E-state index in [9.17, 15) is 19.5 Å². The zero-order valence-electron chi connectivity index (χ0n) is 19.8. The van der Waals surface area contributed by atoms with Crippen molar-refractivity contribution in [2.45, 2.75) is 38.0 Å². The van der Waals surface area contributed by atoms with Crippen LogP contribution in [-0.4, -0.2) is 54.2 Å². The van der Waals surface area contributed by atoms with Crippen molar-refractivity contribution < 1.29 is 24.2 Å². The third-order valence-electron chi connectivity index (χ3n) is 7.58. The Labute approximate surface area is 205 Å². The molecule has 0 aromatic heterocycles. The van der Waals surface area contributed by atoms with Gasteiger partial charge in [0.25, 0.3) is 0 Å². The molecule has 0 spiro atoms. The van der Waals surface area contributed by atoms with Crippen LogP contribution < -0.4 is 5.32 Å². The Kier molecular flexibility index (Phi) is 6.75. The molecule has 2 aromatic carbocycles. The monoisotopic (exact) mass is 476 g/mol. The van der Waals surface area contributed by atoms with Gasteiger partial charge in [-0.05, 0) is 47.4 Å². The van der Waals surface area contributed by atoms with E-state index >= 15 is 0 Å². The molecule has 2 aromatic rings. The second-order valence-corrected chi connectivity index (χ2v) is 10.0. The number of piperidine rings is 1. The molecule has 3 aliphatic rings. The van der Waals surface area contributed by atoms with E-state index in [1.807, 2.05) is 24.3 Å². The average Bonchev–Trinajstić information content (AvgIpc) is 3.65. The van der Waals surface area contributed by atoms with Gasteiger partial charge in [-0.1, -0.05) is 61.4 Å². The molecule has 2 atom stereocenters. The van der Waals surface area contributed by atoms with Crippen LogP contribution in [0.4, 0.5) is 4.79 Å². The number of amides is 2.